The van der Waals surface area contributed by atoms with Crippen molar-refractivity contribution in [1.29, 1.82) is 5.26 Å². The summed E-state index contributed by atoms with van der Waals surface area (Å²) in [6.45, 7) is 1.95. The van der Waals surface area contributed by atoms with Gasteiger partial charge >= 0.3 is 0 Å². The van der Waals surface area contributed by atoms with Crippen molar-refractivity contribution in [1.82, 2.24) is 0 Å². The monoisotopic (exact) mass is 272 g/mol. The van der Waals surface area contributed by atoms with Crippen LogP contribution in [0.4, 0.5) is 10.1 Å². The molecule has 0 aromatic heterocycles. The zero-order valence-corrected chi connectivity index (χ0v) is 11.3. The Hall–Kier alpha value is -1.99. The van der Waals surface area contributed by atoms with E-state index in [4.69, 9.17) is 11.0 Å². The third-order valence-electron chi connectivity index (χ3n) is 2.82. The molecule has 0 atom stereocenters. The lowest BCUT2D eigenvalue weighted by Crippen LogP contribution is -1.91. The smallest absolute Gasteiger partial charge is 0.123 e. The fourth-order valence-electron chi connectivity index (χ4n) is 1.69. The molecule has 0 amide bonds. The summed E-state index contributed by atoms with van der Waals surface area (Å²) in [6.07, 6.45) is 0. The molecule has 2 nitrogen and oxygen atoms in total. The van der Waals surface area contributed by atoms with Crippen LogP contribution in [-0.2, 0) is 5.75 Å². The average molecular weight is 272 g/mol. The standard InChI is InChI=1S/C15H13FN2S/c1-10-6-14(4-5-15(10)18)19-9-12-7-13(16)3-2-11(12)8-17/h2-7H,9,18H2,1H3. The Morgan fingerprint density at radius 2 is 2.05 bits per heavy atom. The summed E-state index contributed by atoms with van der Waals surface area (Å²) >= 11 is 1.56. The van der Waals surface area contributed by atoms with Crippen LogP contribution in [-0.4, -0.2) is 0 Å². The van der Waals surface area contributed by atoms with E-state index >= 15 is 0 Å². The van der Waals surface area contributed by atoms with Gasteiger partial charge in [-0.1, -0.05) is 0 Å². The highest BCUT2D eigenvalue weighted by Gasteiger charge is 2.05. The molecule has 4 heteroatoms. The first-order valence-corrected chi connectivity index (χ1v) is 6.76. The first-order chi connectivity index (χ1) is 9.10. The normalized spacial score (nSPS) is 10.2. The molecule has 0 bridgehead atoms. The van der Waals surface area contributed by atoms with Crippen molar-refractivity contribution in [2.45, 2.75) is 17.6 Å². The number of rotatable bonds is 3. The predicted octanol–water partition coefficient (Wildman–Crippen LogP) is 3.88. The number of anilines is 1. The van der Waals surface area contributed by atoms with Crippen molar-refractivity contribution in [3.05, 3.63) is 58.9 Å². The summed E-state index contributed by atoms with van der Waals surface area (Å²) in [4.78, 5) is 1.06. The number of nitrogen functional groups attached to an aromatic ring is 1. The van der Waals surface area contributed by atoms with Crippen LogP contribution in [0.1, 0.15) is 16.7 Å². The molecule has 0 saturated carbocycles. The van der Waals surface area contributed by atoms with Crippen molar-refractivity contribution in [2.24, 2.45) is 0 Å². The maximum absolute atomic E-state index is 13.2. The molecule has 0 aliphatic heterocycles. The molecule has 0 aliphatic rings. The number of thioether (sulfide) groups is 1. The lowest BCUT2D eigenvalue weighted by Gasteiger charge is -2.06. The Balaban J connectivity index is 2.16. The third kappa shape index (κ3) is 3.27. The second kappa shape index (κ2) is 5.77. The molecule has 2 N–H and O–H groups in total. The molecular weight excluding hydrogens is 259 g/mol. The van der Waals surface area contributed by atoms with Crippen LogP contribution < -0.4 is 5.73 Å². The minimum atomic E-state index is -0.317. The van der Waals surface area contributed by atoms with E-state index in [0.29, 0.717) is 16.9 Å². The first-order valence-electron chi connectivity index (χ1n) is 5.77. The number of benzene rings is 2. The number of halogens is 1. The predicted molar refractivity (Wildman–Crippen MR) is 76.3 cm³/mol. The van der Waals surface area contributed by atoms with E-state index in [1.165, 1.54) is 18.2 Å². The Labute approximate surface area is 116 Å². The summed E-state index contributed by atoms with van der Waals surface area (Å²) in [5.41, 5.74) is 8.76. The average Bonchev–Trinajstić information content (AvgIpc) is 2.40. The largest absolute Gasteiger partial charge is 0.399 e. The highest BCUT2D eigenvalue weighted by Crippen LogP contribution is 2.27. The Morgan fingerprint density at radius 1 is 1.26 bits per heavy atom. The number of nitriles is 1. The van der Waals surface area contributed by atoms with Crippen molar-refractivity contribution in [3.63, 3.8) is 0 Å². The first kappa shape index (κ1) is 13.4. The van der Waals surface area contributed by atoms with Gasteiger partial charge in [0.25, 0.3) is 0 Å². The van der Waals surface area contributed by atoms with Gasteiger partial charge in [0.2, 0.25) is 0 Å². The summed E-state index contributed by atoms with van der Waals surface area (Å²) in [6, 6.07) is 12.1. The van der Waals surface area contributed by atoms with E-state index in [1.807, 2.05) is 25.1 Å². The van der Waals surface area contributed by atoms with E-state index in [2.05, 4.69) is 6.07 Å². The molecule has 0 saturated heterocycles. The van der Waals surface area contributed by atoms with Gasteiger partial charge in [0.1, 0.15) is 5.82 Å². The molecule has 0 heterocycles. The summed E-state index contributed by atoms with van der Waals surface area (Å²) in [7, 11) is 0. The van der Waals surface area contributed by atoms with E-state index in [1.54, 1.807) is 11.8 Å². The van der Waals surface area contributed by atoms with Crippen LogP contribution in [0.5, 0.6) is 0 Å². The fourth-order valence-corrected chi connectivity index (χ4v) is 2.68. The second-order valence-electron chi connectivity index (χ2n) is 4.22. The van der Waals surface area contributed by atoms with Gasteiger partial charge in [-0.2, -0.15) is 5.26 Å². The van der Waals surface area contributed by atoms with Gasteiger partial charge in [0, 0.05) is 16.3 Å². The zero-order chi connectivity index (χ0) is 13.8. The van der Waals surface area contributed by atoms with Crippen molar-refractivity contribution >= 4 is 17.4 Å². The molecule has 2 rings (SSSR count). The highest BCUT2D eigenvalue weighted by molar-refractivity contribution is 7.98. The Kier molecular flexibility index (Phi) is 4.08. The van der Waals surface area contributed by atoms with Crippen LogP contribution in [0.3, 0.4) is 0 Å². The Morgan fingerprint density at radius 3 is 2.74 bits per heavy atom. The van der Waals surface area contributed by atoms with E-state index in [0.717, 1.165) is 16.1 Å². The van der Waals surface area contributed by atoms with Crippen LogP contribution >= 0.6 is 11.8 Å². The quantitative estimate of drug-likeness (QED) is 0.681. The highest BCUT2D eigenvalue weighted by atomic mass is 32.2. The summed E-state index contributed by atoms with van der Waals surface area (Å²) in [5.74, 6) is 0.243. The van der Waals surface area contributed by atoms with Crippen LogP contribution in [0.15, 0.2) is 41.3 Å². The molecule has 0 spiro atoms. The molecule has 0 unspecified atom stereocenters. The maximum atomic E-state index is 13.2. The van der Waals surface area contributed by atoms with Gasteiger partial charge < -0.3 is 5.73 Å². The van der Waals surface area contributed by atoms with Gasteiger partial charge in [-0.05, 0) is 54.4 Å². The molecule has 0 radical (unpaired) electrons. The number of nitrogens with zero attached hydrogens (tertiary/aromatic N) is 1. The number of nitrogens with two attached hydrogens (primary N) is 1. The van der Waals surface area contributed by atoms with Crippen molar-refractivity contribution < 1.29 is 4.39 Å². The minimum Gasteiger partial charge on any atom is -0.399 e. The van der Waals surface area contributed by atoms with Crippen LogP contribution in [0.25, 0.3) is 0 Å². The molecule has 96 valence electrons. The molecule has 19 heavy (non-hydrogen) atoms. The second-order valence-corrected chi connectivity index (χ2v) is 5.27. The number of hydrogen-bond acceptors (Lipinski definition) is 3. The lowest BCUT2D eigenvalue weighted by atomic mass is 10.1. The third-order valence-corrected chi connectivity index (χ3v) is 3.87. The summed E-state index contributed by atoms with van der Waals surface area (Å²) < 4.78 is 13.2. The van der Waals surface area contributed by atoms with Crippen molar-refractivity contribution in [2.75, 3.05) is 5.73 Å². The van der Waals surface area contributed by atoms with E-state index in [9.17, 15) is 4.39 Å². The molecule has 0 aliphatic carbocycles. The van der Waals surface area contributed by atoms with Gasteiger partial charge in [-0.3, -0.25) is 0 Å². The summed E-state index contributed by atoms with van der Waals surface area (Å²) in [5, 5.41) is 8.99. The number of hydrogen-bond donors (Lipinski definition) is 1. The number of aryl methyl sites for hydroxylation is 1. The van der Waals surface area contributed by atoms with Gasteiger partial charge in [0.05, 0.1) is 11.6 Å². The van der Waals surface area contributed by atoms with E-state index in [-0.39, 0.29) is 5.82 Å². The van der Waals surface area contributed by atoms with Gasteiger partial charge in [-0.25, -0.2) is 4.39 Å². The minimum absolute atomic E-state index is 0.317. The van der Waals surface area contributed by atoms with Gasteiger partial charge in [0.15, 0.2) is 0 Å². The molecular formula is C15H13FN2S. The lowest BCUT2D eigenvalue weighted by molar-refractivity contribution is 0.626. The Bertz CT molecular complexity index is 647. The molecule has 2 aromatic carbocycles. The van der Waals surface area contributed by atoms with Crippen molar-refractivity contribution in [3.8, 4) is 6.07 Å². The molecule has 0 fully saturated rings. The fraction of sp³-hybridized carbons (Fsp3) is 0.133. The van der Waals surface area contributed by atoms with Crippen LogP contribution in [0.2, 0.25) is 0 Å². The zero-order valence-electron chi connectivity index (χ0n) is 10.5. The van der Waals surface area contributed by atoms with E-state index < -0.39 is 0 Å². The SMILES string of the molecule is Cc1cc(SCc2cc(F)ccc2C#N)ccc1N. The van der Waals surface area contributed by atoms with Gasteiger partial charge in [-0.15, -0.1) is 11.8 Å². The van der Waals surface area contributed by atoms with Crippen LogP contribution in [0, 0.1) is 24.1 Å². The topological polar surface area (TPSA) is 49.8 Å². The maximum Gasteiger partial charge on any atom is 0.123 e. The molecule has 2 aromatic rings.